The minimum absolute atomic E-state index is 0.524. The summed E-state index contributed by atoms with van der Waals surface area (Å²) in [7, 11) is 1.85. The molecule has 1 saturated heterocycles. The van der Waals surface area contributed by atoms with Crippen molar-refractivity contribution in [3.8, 4) is 0 Å². The molecule has 4 heteroatoms. The number of guanidine groups is 1. The van der Waals surface area contributed by atoms with Gasteiger partial charge in [-0.25, -0.2) is 0 Å². The highest BCUT2D eigenvalue weighted by molar-refractivity contribution is 5.83. The molecule has 0 atom stereocenters. The molecule has 25 heavy (non-hydrogen) atoms. The number of hydrogen-bond acceptors (Lipinski definition) is 2. The molecule has 0 spiro atoms. The number of likely N-dealkylation sites (tertiary alicyclic amines) is 1. The second kappa shape index (κ2) is 8.86. The van der Waals surface area contributed by atoms with Gasteiger partial charge in [0, 0.05) is 32.7 Å². The summed E-state index contributed by atoms with van der Waals surface area (Å²) in [5.74, 6) is 0.905. The summed E-state index contributed by atoms with van der Waals surface area (Å²) in [6.45, 7) is 6.64. The van der Waals surface area contributed by atoms with Crippen molar-refractivity contribution in [2.75, 3.05) is 26.7 Å². The zero-order chi connectivity index (χ0) is 17.5. The number of hydrogen-bond donors (Lipinski definition) is 2. The van der Waals surface area contributed by atoms with Gasteiger partial charge in [-0.15, -0.1) is 0 Å². The lowest BCUT2D eigenvalue weighted by molar-refractivity contribution is 0.206. The zero-order valence-electron chi connectivity index (χ0n) is 15.5. The normalized spacial score (nSPS) is 17.0. The molecule has 1 aliphatic rings. The molecule has 4 nitrogen and oxygen atoms in total. The first-order valence-electron chi connectivity index (χ1n) is 9.45. The van der Waals surface area contributed by atoms with Gasteiger partial charge in [0.1, 0.15) is 0 Å². The van der Waals surface area contributed by atoms with E-state index in [0.717, 1.165) is 12.5 Å². The van der Waals surface area contributed by atoms with Gasteiger partial charge in [-0.05, 0) is 48.2 Å². The summed E-state index contributed by atoms with van der Waals surface area (Å²) >= 11 is 0. The van der Waals surface area contributed by atoms with Gasteiger partial charge in [0.2, 0.25) is 0 Å². The molecule has 3 rings (SSSR count). The monoisotopic (exact) mass is 338 g/mol. The van der Waals surface area contributed by atoms with Crippen LogP contribution in [0.1, 0.15) is 31.7 Å². The van der Waals surface area contributed by atoms with Crippen LogP contribution in [-0.4, -0.2) is 43.6 Å². The molecule has 2 aromatic rings. The third kappa shape index (κ3) is 4.95. The maximum Gasteiger partial charge on any atom is 0.191 e. The Bertz CT molecular complexity index is 702. The predicted octanol–water partition coefficient (Wildman–Crippen LogP) is 3.38. The Morgan fingerprint density at radius 1 is 1.12 bits per heavy atom. The first-order valence-corrected chi connectivity index (χ1v) is 9.45. The molecule has 134 valence electrons. The van der Waals surface area contributed by atoms with Crippen molar-refractivity contribution in [1.82, 2.24) is 15.5 Å². The van der Waals surface area contributed by atoms with Crippen LogP contribution in [0.5, 0.6) is 0 Å². The number of aliphatic imine (C=N–C) groups is 1. The smallest absolute Gasteiger partial charge is 0.191 e. The Hall–Kier alpha value is -2.07. The van der Waals surface area contributed by atoms with Crippen LogP contribution in [0.3, 0.4) is 0 Å². The molecule has 1 fully saturated rings. The van der Waals surface area contributed by atoms with Crippen LogP contribution < -0.4 is 10.6 Å². The highest BCUT2D eigenvalue weighted by atomic mass is 15.2. The van der Waals surface area contributed by atoms with Gasteiger partial charge in [-0.3, -0.25) is 4.99 Å². The van der Waals surface area contributed by atoms with E-state index >= 15 is 0 Å². The third-order valence-corrected chi connectivity index (χ3v) is 4.97. The second-order valence-corrected chi connectivity index (χ2v) is 6.87. The van der Waals surface area contributed by atoms with Crippen LogP contribution in [0.25, 0.3) is 10.8 Å². The average Bonchev–Trinajstić information content (AvgIpc) is 2.66. The van der Waals surface area contributed by atoms with Gasteiger partial charge in [0.25, 0.3) is 0 Å². The van der Waals surface area contributed by atoms with Crippen molar-refractivity contribution in [3.05, 3.63) is 48.0 Å². The minimum Gasteiger partial charge on any atom is -0.354 e. The number of nitrogens with zero attached hydrogens (tertiary/aromatic N) is 2. The molecule has 0 unspecified atom stereocenters. The van der Waals surface area contributed by atoms with E-state index in [1.165, 1.54) is 55.2 Å². The van der Waals surface area contributed by atoms with Crippen LogP contribution >= 0.6 is 0 Å². The van der Waals surface area contributed by atoms with Crippen LogP contribution in [0.4, 0.5) is 0 Å². The van der Waals surface area contributed by atoms with E-state index in [-0.39, 0.29) is 0 Å². The molecule has 1 heterocycles. The van der Waals surface area contributed by atoms with Crippen molar-refractivity contribution < 1.29 is 0 Å². The SMILES string of the molecule is CCCN1CCC(NC(=NC)NCc2ccc3ccccc3c2)CC1. The number of nitrogens with one attached hydrogen (secondary N) is 2. The van der Waals surface area contributed by atoms with Crippen molar-refractivity contribution in [2.24, 2.45) is 4.99 Å². The van der Waals surface area contributed by atoms with Gasteiger partial charge >= 0.3 is 0 Å². The van der Waals surface area contributed by atoms with Gasteiger partial charge in [-0.2, -0.15) is 0 Å². The van der Waals surface area contributed by atoms with E-state index in [2.05, 4.69) is 69.9 Å². The quantitative estimate of drug-likeness (QED) is 0.648. The second-order valence-electron chi connectivity index (χ2n) is 6.87. The van der Waals surface area contributed by atoms with Gasteiger partial charge in [-0.1, -0.05) is 43.3 Å². The van der Waals surface area contributed by atoms with E-state index in [0.29, 0.717) is 6.04 Å². The number of benzene rings is 2. The molecule has 2 N–H and O–H groups in total. The molecular formula is C21H30N4. The van der Waals surface area contributed by atoms with Gasteiger partial charge in [0.15, 0.2) is 5.96 Å². The molecule has 0 radical (unpaired) electrons. The Labute approximate surface area is 151 Å². The summed E-state index contributed by atoms with van der Waals surface area (Å²) in [5, 5.41) is 9.62. The third-order valence-electron chi connectivity index (χ3n) is 4.97. The summed E-state index contributed by atoms with van der Waals surface area (Å²) < 4.78 is 0. The first-order chi connectivity index (χ1) is 12.3. The van der Waals surface area contributed by atoms with Crippen molar-refractivity contribution in [3.63, 3.8) is 0 Å². The fraction of sp³-hybridized carbons (Fsp3) is 0.476. The molecular weight excluding hydrogens is 308 g/mol. The van der Waals surface area contributed by atoms with Crippen LogP contribution in [0, 0.1) is 0 Å². The Morgan fingerprint density at radius 3 is 2.60 bits per heavy atom. The van der Waals surface area contributed by atoms with Crippen molar-refractivity contribution in [2.45, 2.75) is 38.8 Å². The predicted molar refractivity (Wildman–Crippen MR) is 107 cm³/mol. The fourth-order valence-electron chi connectivity index (χ4n) is 3.54. The topological polar surface area (TPSA) is 39.7 Å². The summed E-state index contributed by atoms with van der Waals surface area (Å²) in [4.78, 5) is 6.95. The molecule has 0 aliphatic carbocycles. The van der Waals surface area contributed by atoms with Gasteiger partial charge < -0.3 is 15.5 Å². The van der Waals surface area contributed by atoms with Gasteiger partial charge in [0.05, 0.1) is 0 Å². The summed E-state index contributed by atoms with van der Waals surface area (Å²) in [6, 6.07) is 15.6. The highest BCUT2D eigenvalue weighted by Gasteiger charge is 2.19. The molecule has 0 bridgehead atoms. The standard InChI is InChI=1S/C21H30N4/c1-3-12-25-13-10-20(11-14-25)24-21(22-2)23-16-17-8-9-18-6-4-5-7-19(18)15-17/h4-9,15,20H,3,10-14,16H2,1-2H3,(H2,22,23,24). The maximum atomic E-state index is 4.40. The molecule has 2 aromatic carbocycles. The lowest BCUT2D eigenvalue weighted by atomic mass is 10.1. The highest BCUT2D eigenvalue weighted by Crippen LogP contribution is 2.15. The maximum absolute atomic E-state index is 4.40. The molecule has 0 aromatic heterocycles. The van der Waals surface area contributed by atoms with E-state index < -0.39 is 0 Å². The molecule has 1 aliphatic heterocycles. The number of fused-ring (bicyclic) bond motifs is 1. The minimum atomic E-state index is 0.524. The average molecular weight is 338 g/mol. The van der Waals surface area contributed by atoms with E-state index in [1.807, 2.05) is 7.05 Å². The van der Waals surface area contributed by atoms with Crippen LogP contribution in [0.15, 0.2) is 47.5 Å². The number of rotatable bonds is 5. The lowest BCUT2D eigenvalue weighted by Gasteiger charge is -2.32. The lowest BCUT2D eigenvalue weighted by Crippen LogP contribution is -2.48. The number of piperidine rings is 1. The van der Waals surface area contributed by atoms with Crippen molar-refractivity contribution >= 4 is 16.7 Å². The summed E-state index contributed by atoms with van der Waals surface area (Å²) in [6.07, 6.45) is 3.63. The van der Waals surface area contributed by atoms with Crippen LogP contribution in [0.2, 0.25) is 0 Å². The Balaban J connectivity index is 1.50. The fourth-order valence-corrected chi connectivity index (χ4v) is 3.54. The van der Waals surface area contributed by atoms with Crippen LogP contribution in [-0.2, 0) is 6.54 Å². The van der Waals surface area contributed by atoms with Crippen molar-refractivity contribution in [1.29, 1.82) is 0 Å². The Kier molecular flexibility index (Phi) is 6.29. The molecule has 0 amide bonds. The largest absolute Gasteiger partial charge is 0.354 e. The van der Waals surface area contributed by atoms with E-state index in [4.69, 9.17) is 0 Å². The molecule has 0 saturated carbocycles. The first kappa shape index (κ1) is 17.7. The zero-order valence-corrected chi connectivity index (χ0v) is 15.5. The van der Waals surface area contributed by atoms with E-state index in [9.17, 15) is 0 Å². The summed E-state index contributed by atoms with van der Waals surface area (Å²) in [5.41, 5.74) is 1.28. The van der Waals surface area contributed by atoms with E-state index in [1.54, 1.807) is 0 Å². The Morgan fingerprint density at radius 2 is 1.88 bits per heavy atom.